The van der Waals surface area contributed by atoms with Gasteiger partial charge in [-0.25, -0.2) is 5.32 Å². The molecule has 106 valence electrons. The monoisotopic (exact) mass is 278 g/mol. The topological polar surface area (TPSA) is 27.9 Å². The Morgan fingerprint density at radius 3 is 2.86 bits per heavy atom. The highest BCUT2D eigenvalue weighted by Gasteiger charge is 2.45. The molecule has 3 heterocycles. The number of fused-ring (bicyclic) bond motifs is 4. The lowest BCUT2D eigenvalue weighted by Gasteiger charge is -2.39. The molecule has 3 atom stereocenters. The van der Waals surface area contributed by atoms with E-state index >= 15 is 0 Å². The minimum atomic E-state index is 0.199. The molecular weight excluding hydrogens is 258 g/mol. The molecule has 2 aromatic rings. The molecule has 0 spiro atoms. The lowest BCUT2D eigenvalue weighted by Crippen LogP contribution is -2.65. The molecule has 2 N–H and O–H groups in total. The number of benzene rings is 1. The summed E-state index contributed by atoms with van der Waals surface area (Å²) in [5.41, 5.74) is 5.39. The average molecular weight is 278 g/mol. The zero-order chi connectivity index (χ0) is 13.8. The molecule has 3 heteroatoms. The van der Waals surface area contributed by atoms with Crippen LogP contribution in [-0.2, 0) is 0 Å². The van der Waals surface area contributed by atoms with Crippen LogP contribution < -0.4 is 15.2 Å². The van der Waals surface area contributed by atoms with Crippen molar-refractivity contribution in [1.82, 2.24) is 5.32 Å². The highest BCUT2D eigenvalue weighted by molar-refractivity contribution is 5.75. The van der Waals surface area contributed by atoms with Crippen LogP contribution in [0.3, 0.4) is 0 Å². The molecule has 3 aliphatic rings. The van der Waals surface area contributed by atoms with Crippen molar-refractivity contribution in [3.63, 3.8) is 0 Å². The first kappa shape index (κ1) is 11.8. The number of nitrogens with zero attached hydrogens (tertiary/aromatic N) is 1. The van der Waals surface area contributed by atoms with Gasteiger partial charge in [-0.2, -0.15) is 4.57 Å². The van der Waals surface area contributed by atoms with E-state index in [1.165, 1.54) is 48.3 Å². The molecule has 0 amide bonds. The molecule has 2 aliphatic heterocycles. The second-order valence-corrected chi connectivity index (χ2v) is 6.46. The Hall–Kier alpha value is -1.87. The number of hydrogen-bond donors (Lipinski definition) is 2. The standard InChI is InChI=1S/C18H19N3/c1-3-8-14-12(6-1)16-10-5-11-17-13-7-2-4-9-15(13)20-18(19-14)21(16)17/h1,3,5-6,8,10-11,13,15,18,20H,2,4,7,9H2/p+1. The summed E-state index contributed by atoms with van der Waals surface area (Å²) >= 11 is 0. The summed E-state index contributed by atoms with van der Waals surface area (Å²) in [4.78, 5) is 0. The Morgan fingerprint density at radius 2 is 1.86 bits per heavy atom. The summed E-state index contributed by atoms with van der Waals surface area (Å²) in [6.07, 6.45) is 5.54. The SMILES string of the molecule is c1ccc2c(c1)NC1NC3CCCCC3c3cccc-2[n+]31. The van der Waals surface area contributed by atoms with Crippen LogP contribution in [0.15, 0.2) is 42.5 Å². The molecule has 0 bridgehead atoms. The van der Waals surface area contributed by atoms with Crippen molar-refractivity contribution < 1.29 is 4.57 Å². The number of hydrogen-bond acceptors (Lipinski definition) is 2. The molecule has 0 saturated heterocycles. The van der Waals surface area contributed by atoms with Gasteiger partial charge in [0.05, 0.1) is 17.2 Å². The number of aromatic nitrogens is 1. The van der Waals surface area contributed by atoms with Crippen molar-refractivity contribution in [1.29, 1.82) is 0 Å². The van der Waals surface area contributed by atoms with Crippen LogP contribution in [0.4, 0.5) is 5.69 Å². The van der Waals surface area contributed by atoms with E-state index in [4.69, 9.17) is 0 Å². The van der Waals surface area contributed by atoms with E-state index in [9.17, 15) is 0 Å². The third-order valence-corrected chi connectivity index (χ3v) is 5.33. The Bertz CT molecular complexity index is 709. The van der Waals surface area contributed by atoms with E-state index in [0.717, 1.165) is 0 Å². The minimum Gasteiger partial charge on any atom is -0.313 e. The van der Waals surface area contributed by atoms with Gasteiger partial charge in [-0.05, 0) is 31.0 Å². The van der Waals surface area contributed by atoms with Gasteiger partial charge in [0, 0.05) is 18.2 Å². The minimum absolute atomic E-state index is 0.199. The summed E-state index contributed by atoms with van der Waals surface area (Å²) in [5, 5.41) is 7.53. The first-order valence-electron chi connectivity index (χ1n) is 8.08. The van der Waals surface area contributed by atoms with Gasteiger partial charge in [0.15, 0.2) is 5.69 Å². The van der Waals surface area contributed by atoms with E-state index in [0.29, 0.717) is 12.0 Å². The molecular formula is C18H20N3+. The number of para-hydroxylation sites is 1. The van der Waals surface area contributed by atoms with Gasteiger partial charge in [0.2, 0.25) is 5.69 Å². The molecule has 1 aromatic heterocycles. The van der Waals surface area contributed by atoms with E-state index in [2.05, 4.69) is 57.7 Å². The van der Waals surface area contributed by atoms with Crippen molar-refractivity contribution in [2.75, 3.05) is 5.32 Å². The van der Waals surface area contributed by atoms with Crippen LogP contribution in [0.25, 0.3) is 11.3 Å². The van der Waals surface area contributed by atoms with Gasteiger partial charge in [-0.1, -0.05) is 25.0 Å². The fraction of sp³-hybridized carbons (Fsp3) is 0.389. The second-order valence-electron chi connectivity index (χ2n) is 6.46. The van der Waals surface area contributed by atoms with Crippen LogP contribution in [0.1, 0.15) is 43.6 Å². The van der Waals surface area contributed by atoms with E-state index in [-0.39, 0.29) is 6.29 Å². The normalized spacial score (nSPS) is 28.9. The maximum Gasteiger partial charge on any atom is 0.291 e. The highest BCUT2D eigenvalue weighted by Crippen LogP contribution is 2.39. The van der Waals surface area contributed by atoms with Gasteiger partial charge in [0.25, 0.3) is 6.29 Å². The lowest BCUT2D eigenvalue weighted by molar-refractivity contribution is -0.728. The molecule has 1 aliphatic carbocycles. The summed E-state index contributed by atoms with van der Waals surface area (Å²) in [5.74, 6) is 0.669. The number of nitrogens with one attached hydrogen (secondary N) is 2. The molecule has 3 unspecified atom stereocenters. The Morgan fingerprint density at radius 1 is 0.952 bits per heavy atom. The zero-order valence-corrected chi connectivity index (χ0v) is 12.0. The predicted octanol–water partition coefficient (Wildman–Crippen LogP) is 3.15. The van der Waals surface area contributed by atoms with E-state index < -0.39 is 0 Å². The Kier molecular flexibility index (Phi) is 2.41. The van der Waals surface area contributed by atoms with Crippen molar-refractivity contribution in [3.05, 3.63) is 48.2 Å². The van der Waals surface area contributed by atoms with Crippen molar-refractivity contribution in [3.8, 4) is 11.3 Å². The van der Waals surface area contributed by atoms with Crippen LogP contribution in [0, 0.1) is 0 Å². The number of pyridine rings is 1. The largest absolute Gasteiger partial charge is 0.313 e. The number of rotatable bonds is 0. The van der Waals surface area contributed by atoms with Gasteiger partial charge in [0.1, 0.15) is 0 Å². The highest BCUT2D eigenvalue weighted by atomic mass is 15.4. The molecule has 3 nitrogen and oxygen atoms in total. The molecule has 0 radical (unpaired) electrons. The Labute approximate surface area is 125 Å². The molecule has 21 heavy (non-hydrogen) atoms. The van der Waals surface area contributed by atoms with Crippen LogP contribution in [0.5, 0.6) is 0 Å². The lowest BCUT2D eigenvalue weighted by atomic mass is 9.80. The van der Waals surface area contributed by atoms with Crippen LogP contribution in [0.2, 0.25) is 0 Å². The zero-order valence-electron chi connectivity index (χ0n) is 12.0. The predicted molar refractivity (Wildman–Crippen MR) is 82.9 cm³/mol. The molecule has 1 fully saturated rings. The third kappa shape index (κ3) is 1.61. The average Bonchev–Trinajstić information content (AvgIpc) is 2.55. The Balaban J connectivity index is 1.74. The van der Waals surface area contributed by atoms with Crippen molar-refractivity contribution in [2.24, 2.45) is 0 Å². The van der Waals surface area contributed by atoms with Crippen LogP contribution >= 0.6 is 0 Å². The first-order valence-corrected chi connectivity index (χ1v) is 8.08. The maximum absolute atomic E-state index is 3.85. The maximum atomic E-state index is 3.85. The van der Waals surface area contributed by atoms with Crippen LogP contribution in [-0.4, -0.2) is 6.04 Å². The second kappa shape index (κ2) is 4.31. The fourth-order valence-corrected chi connectivity index (χ4v) is 4.40. The van der Waals surface area contributed by atoms with Gasteiger partial charge >= 0.3 is 0 Å². The van der Waals surface area contributed by atoms with Gasteiger partial charge < -0.3 is 5.32 Å². The molecule has 1 saturated carbocycles. The summed E-state index contributed by atoms with van der Waals surface area (Å²) in [7, 11) is 0. The van der Waals surface area contributed by atoms with Gasteiger partial charge in [-0.3, -0.25) is 0 Å². The first-order chi connectivity index (χ1) is 10.4. The molecule has 5 rings (SSSR count). The smallest absolute Gasteiger partial charge is 0.291 e. The van der Waals surface area contributed by atoms with Crippen molar-refractivity contribution in [2.45, 2.75) is 43.9 Å². The quantitative estimate of drug-likeness (QED) is 0.725. The van der Waals surface area contributed by atoms with E-state index in [1.54, 1.807) is 0 Å². The summed E-state index contributed by atoms with van der Waals surface area (Å²) < 4.78 is 2.48. The number of anilines is 1. The van der Waals surface area contributed by atoms with Gasteiger partial charge in [-0.15, -0.1) is 0 Å². The van der Waals surface area contributed by atoms with Crippen molar-refractivity contribution >= 4 is 5.69 Å². The molecule has 1 aromatic carbocycles. The third-order valence-electron chi connectivity index (χ3n) is 5.33. The summed E-state index contributed by atoms with van der Waals surface area (Å²) in [6, 6.07) is 16.1. The van der Waals surface area contributed by atoms with E-state index in [1.807, 2.05) is 0 Å². The summed E-state index contributed by atoms with van der Waals surface area (Å²) in [6.45, 7) is 0. The fourth-order valence-electron chi connectivity index (χ4n) is 4.40.